The molecule has 7 nitrogen and oxygen atoms in total. The predicted octanol–water partition coefficient (Wildman–Crippen LogP) is 3.72. The van der Waals surface area contributed by atoms with Gasteiger partial charge in [0.25, 0.3) is 5.69 Å². The number of nitrogen functional groups attached to an aromatic ring is 1. The molecule has 3 rings (SSSR count). The van der Waals surface area contributed by atoms with Gasteiger partial charge in [0.05, 0.1) is 16.2 Å². The number of carbonyl (C=O) groups is 1. The average molecular weight is 361 g/mol. The molecule has 9 heteroatoms. The van der Waals surface area contributed by atoms with Crippen LogP contribution < -0.4 is 5.73 Å². The number of carbonyl (C=O) groups excluding carboxylic acids is 1. The van der Waals surface area contributed by atoms with E-state index in [-0.39, 0.29) is 23.5 Å². The van der Waals surface area contributed by atoms with Crippen LogP contribution in [0.4, 0.5) is 11.4 Å². The molecule has 2 heterocycles. The van der Waals surface area contributed by atoms with Gasteiger partial charge in [-0.3, -0.25) is 10.1 Å². The van der Waals surface area contributed by atoms with Crippen molar-refractivity contribution in [1.29, 1.82) is 0 Å². The standard InChI is InChI=1S/C15H11N3O4S2/c16-13-2-1-11(18(20)21)5-12(13)15(19)22-6-10-8-24-14(17-10)9-3-4-23-7-9/h1-5,7-8H,6,16H2. The van der Waals surface area contributed by atoms with Crippen LogP contribution in [0, 0.1) is 10.1 Å². The number of nitrogens with two attached hydrogens (primary N) is 1. The molecule has 0 amide bonds. The lowest BCUT2D eigenvalue weighted by Crippen LogP contribution is -2.09. The highest BCUT2D eigenvalue weighted by Gasteiger charge is 2.17. The molecular formula is C15H11N3O4S2. The molecule has 0 bridgehead atoms. The maximum Gasteiger partial charge on any atom is 0.340 e. The monoisotopic (exact) mass is 361 g/mol. The largest absolute Gasteiger partial charge is 0.455 e. The number of benzene rings is 1. The first-order chi connectivity index (χ1) is 11.5. The van der Waals surface area contributed by atoms with Crippen molar-refractivity contribution < 1.29 is 14.5 Å². The quantitative estimate of drug-likeness (QED) is 0.321. The van der Waals surface area contributed by atoms with Crippen molar-refractivity contribution in [2.24, 2.45) is 0 Å². The Morgan fingerprint density at radius 3 is 2.88 bits per heavy atom. The molecule has 24 heavy (non-hydrogen) atoms. The number of hydrogen-bond donors (Lipinski definition) is 1. The summed E-state index contributed by atoms with van der Waals surface area (Å²) in [7, 11) is 0. The Balaban J connectivity index is 1.70. The Hall–Kier alpha value is -2.78. The van der Waals surface area contributed by atoms with E-state index in [0.717, 1.165) is 16.6 Å². The zero-order chi connectivity index (χ0) is 17.1. The number of hydrogen-bond acceptors (Lipinski definition) is 8. The van der Waals surface area contributed by atoms with Crippen molar-refractivity contribution in [3.05, 3.63) is 61.8 Å². The smallest absolute Gasteiger partial charge is 0.340 e. The number of nitrogens with zero attached hydrogens (tertiary/aromatic N) is 2. The third-order valence-electron chi connectivity index (χ3n) is 3.14. The molecule has 0 atom stereocenters. The fraction of sp³-hybridized carbons (Fsp3) is 0.0667. The molecule has 1 aromatic carbocycles. The maximum absolute atomic E-state index is 12.1. The van der Waals surface area contributed by atoms with Crippen LogP contribution in [0.2, 0.25) is 0 Å². The van der Waals surface area contributed by atoms with Crippen molar-refractivity contribution in [3.8, 4) is 10.6 Å². The minimum Gasteiger partial charge on any atom is -0.455 e. The van der Waals surface area contributed by atoms with Crippen molar-refractivity contribution >= 4 is 40.0 Å². The molecule has 0 fully saturated rings. The lowest BCUT2D eigenvalue weighted by Gasteiger charge is -2.05. The molecule has 0 aliphatic heterocycles. The van der Waals surface area contributed by atoms with Gasteiger partial charge >= 0.3 is 5.97 Å². The molecule has 0 aliphatic rings. The number of rotatable bonds is 5. The number of esters is 1. The molecule has 2 N–H and O–H groups in total. The normalized spacial score (nSPS) is 10.5. The van der Waals surface area contributed by atoms with Crippen molar-refractivity contribution in [1.82, 2.24) is 4.98 Å². The molecule has 0 radical (unpaired) electrons. The van der Waals surface area contributed by atoms with Crippen LogP contribution in [0.5, 0.6) is 0 Å². The summed E-state index contributed by atoms with van der Waals surface area (Å²) in [5.74, 6) is -0.721. The molecule has 0 aliphatic carbocycles. The van der Waals surface area contributed by atoms with Crippen molar-refractivity contribution in [2.45, 2.75) is 6.61 Å². The van der Waals surface area contributed by atoms with Crippen LogP contribution in [0.15, 0.2) is 40.4 Å². The Labute approximate surface area is 144 Å². The van der Waals surface area contributed by atoms with Crippen LogP contribution in [-0.4, -0.2) is 15.9 Å². The first-order valence-electron chi connectivity index (χ1n) is 6.72. The van der Waals surface area contributed by atoms with Crippen LogP contribution in [0.1, 0.15) is 16.1 Å². The van der Waals surface area contributed by atoms with E-state index >= 15 is 0 Å². The third-order valence-corrected chi connectivity index (χ3v) is 4.76. The first-order valence-corrected chi connectivity index (χ1v) is 8.55. The van der Waals surface area contributed by atoms with Gasteiger partial charge in [-0.1, -0.05) is 0 Å². The summed E-state index contributed by atoms with van der Waals surface area (Å²) >= 11 is 3.03. The summed E-state index contributed by atoms with van der Waals surface area (Å²) in [5.41, 5.74) is 7.20. The van der Waals surface area contributed by atoms with E-state index in [2.05, 4.69) is 4.98 Å². The predicted molar refractivity (Wildman–Crippen MR) is 92.1 cm³/mol. The minimum atomic E-state index is -0.721. The summed E-state index contributed by atoms with van der Waals surface area (Å²) in [6.45, 7) is -0.0262. The second kappa shape index (κ2) is 6.77. The van der Waals surface area contributed by atoms with Gasteiger partial charge in [0.2, 0.25) is 0 Å². The van der Waals surface area contributed by atoms with Gasteiger partial charge in [-0.25, -0.2) is 9.78 Å². The molecule has 0 spiro atoms. The number of non-ortho nitro benzene ring substituents is 1. The number of aromatic nitrogens is 1. The van der Waals surface area contributed by atoms with E-state index < -0.39 is 10.9 Å². The van der Waals surface area contributed by atoms with E-state index in [1.54, 1.807) is 16.7 Å². The van der Waals surface area contributed by atoms with Gasteiger partial charge < -0.3 is 10.5 Å². The highest BCUT2D eigenvalue weighted by Crippen LogP contribution is 2.26. The summed E-state index contributed by atoms with van der Waals surface area (Å²) in [6, 6.07) is 5.62. The van der Waals surface area contributed by atoms with Crippen molar-refractivity contribution in [3.63, 3.8) is 0 Å². The molecule has 122 valence electrons. The van der Waals surface area contributed by atoms with Crippen molar-refractivity contribution in [2.75, 3.05) is 5.73 Å². The number of anilines is 1. The summed E-state index contributed by atoms with van der Waals surface area (Å²) < 4.78 is 5.17. The number of nitro benzene ring substituents is 1. The lowest BCUT2D eigenvalue weighted by molar-refractivity contribution is -0.384. The Bertz CT molecular complexity index is 890. The van der Waals surface area contributed by atoms with E-state index in [1.165, 1.54) is 23.5 Å². The fourth-order valence-electron chi connectivity index (χ4n) is 1.94. The lowest BCUT2D eigenvalue weighted by atomic mass is 10.1. The Morgan fingerprint density at radius 1 is 1.33 bits per heavy atom. The molecule has 0 saturated heterocycles. The first kappa shape index (κ1) is 16.1. The minimum absolute atomic E-state index is 0.0262. The zero-order valence-corrected chi connectivity index (χ0v) is 13.8. The third kappa shape index (κ3) is 3.42. The molecule has 0 unspecified atom stereocenters. The molecule has 0 saturated carbocycles. The van der Waals surface area contributed by atoms with Crippen LogP contribution >= 0.6 is 22.7 Å². The van der Waals surface area contributed by atoms with Gasteiger partial charge in [0.15, 0.2) is 0 Å². The molecule has 2 aromatic heterocycles. The molecular weight excluding hydrogens is 350 g/mol. The molecule has 3 aromatic rings. The number of thiazole rings is 1. The van der Waals surface area contributed by atoms with Gasteiger partial charge in [-0.2, -0.15) is 11.3 Å². The second-order valence-corrected chi connectivity index (χ2v) is 6.40. The van der Waals surface area contributed by atoms with Crippen LogP contribution in [0.25, 0.3) is 10.6 Å². The maximum atomic E-state index is 12.1. The Morgan fingerprint density at radius 2 is 2.17 bits per heavy atom. The number of thiophene rings is 1. The van der Waals surface area contributed by atoms with E-state index in [4.69, 9.17) is 10.5 Å². The van der Waals surface area contributed by atoms with Crippen LogP contribution in [0.3, 0.4) is 0 Å². The highest BCUT2D eigenvalue weighted by atomic mass is 32.1. The zero-order valence-electron chi connectivity index (χ0n) is 12.2. The Kier molecular flexibility index (Phi) is 4.54. The SMILES string of the molecule is Nc1ccc([N+](=O)[O-])cc1C(=O)OCc1csc(-c2ccsc2)n1. The summed E-state index contributed by atoms with van der Waals surface area (Å²) in [5, 5.41) is 17.4. The summed E-state index contributed by atoms with van der Waals surface area (Å²) in [4.78, 5) is 26.7. The highest BCUT2D eigenvalue weighted by molar-refractivity contribution is 7.14. The van der Waals surface area contributed by atoms with Crippen LogP contribution in [-0.2, 0) is 11.3 Å². The number of ether oxygens (including phenoxy) is 1. The van der Waals surface area contributed by atoms with E-state index in [1.807, 2.05) is 16.8 Å². The van der Waals surface area contributed by atoms with Gasteiger partial charge in [-0.05, 0) is 17.5 Å². The topological polar surface area (TPSA) is 108 Å². The fourth-order valence-corrected chi connectivity index (χ4v) is 3.46. The van der Waals surface area contributed by atoms with E-state index in [9.17, 15) is 14.9 Å². The van der Waals surface area contributed by atoms with Gasteiger partial charge in [0, 0.05) is 34.1 Å². The van der Waals surface area contributed by atoms with Gasteiger partial charge in [-0.15, -0.1) is 11.3 Å². The van der Waals surface area contributed by atoms with E-state index in [0.29, 0.717) is 5.69 Å². The summed E-state index contributed by atoms with van der Waals surface area (Å²) in [6.07, 6.45) is 0. The second-order valence-electron chi connectivity index (χ2n) is 4.76. The number of nitro groups is 1. The average Bonchev–Trinajstić information content (AvgIpc) is 3.24. The van der Waals surface area contributed by atoms with Gasteiger partial charge in [0.1, 0.15) is 11.6 Å².